The van der Waals surface area contributed by atoms with Crippen molar-refractivity contribution in [3.63, 3.8) is 0 Å². The van der Waals surface area contributed by atoms with Gasteiger partial charge in [0.15, 0.2) is 0 Å². The maximum Gasteiger partial charge on any atom is 0.232 e. The molecule has 0 atom stereocenters. The van der Waals surface area contributed by atoms with Crippen LogP contribution in [0.1, 0.15) is 13.8 Å². The van der Waals surface area contributed by atoms with E-state index in [1.54, 1.807) is 4.90 Å². The molecule has 0 radical (unpaired) electrons. The molecule has 0 heterocycles. The van der Waals surface area contributed by atoms with E-state index in [1.165, 1.54) is 0 Å². The fourth-order valence-corrected chi connectivity index (χ4v) is 1.18. The normalized spacial score (nSPS) is 10.1. The van der Waals surface area contributed by atoms with Crippen LogP contribution in [0.4, 0.5) is 0 Å². The molecule has 0 aromatic rings. The van der Waals surface area contributed by atoms with Crippen molar-refractivity contribution in [3.8, 4) is 0 Å². The Bertz CT molecular complexity index is 114. The zero-order valence-corrected chi connectivity index (χ0v) is 8.31. The van der Waals surface area contributed by atoms with Gasteiger partial charge < -0.3 is 4.90 Å². The molecule has 0 saturated carbocycles. The predicted octanol–water partition coefficient (Wildman–Crippen LogP) is 1.50. The Hall–Kier alpha value is -0.0500. The van der Waals surface area contributed by atoms with Gasteiger partial charge in [-0.1, -0.05) is 29.8 Å². The Labute approximate surface area is 70.7 Å². The maximum atomic E-state index is 10.9. The predicted molar refractivity (Wildman–Crippen MR) is 46.3 cm³/mol. The number of nitrogens with zero attached hydrogens (tertiary/aromatic N) is 1. The number of halogens is 1. The van der Waals surface area contributed by atoms with Gasteiger partial charge in [-0.25, -0.2) is 0 Å². The van der Waals surface area contributed by atoms with Crippen LogP contribution in [-0.2, 0) is 4.79 Å². The molecule has 0 aromatic carbocycles. The SMILES string of the molecule is CC(C)CN(C)C(=O)CBr. The molecular formula is C7H14BrNO. The summed E-state index contributed by atoms with van der Waals surface area (Å²) < 4.78 is 0. The van der Waals surface area contributed by atoms with Crippen LogP contribution in [0.2, 0.25) is 0 Å². The van der Waals surface area contributed by atoms with Crippen molar-refractivity contribution in [2.75, 3.05) is 18.9 Å². The lowest BCUT2D eigenvalue weighted by molar-refractivity contribution is -0.127. The topological polar surface area (TPSA) is 20.3 Å². The van der Waals surface area contributed by atoms with Gasteiger partial charge in [-0.2, -0.15) is 0 Å². The molecule has 10 heavy (non-hydrogen) atoms. The second-order valence-corrected chi connectivity index (χ2v) is 3.36. The van der Waals surface area contributed by atoms with Gasteiger partial charge in [0, 0.05) is 13.6 Å². The largest absolute Gasteiger partial charge is 0.345 e. The van der Waals surface area contributed by atoms with E-state index in [9.17, 15) is 4.79 Å². The lowest BCUT2D eigenvalue weighted by Gasteiger charge is -2.17. The van der Waals surface area contributed by atoms with Crippen LogP contribution in [0.15, 0.2) is 0 Å². The summed E-state index contributed by atoms with van der Waals surface area (Å²) in [6.07, 6.45) is 0. The smallest absolute Gasteiger partial charge is 0.232 e. The molecule has 0 aliphatic rings. The Morgan fingerprint density at radius 3 is 2.40 bits per heavy atom. The molecule has 0 bridgehead atoms. The molecule has 0 aliphatic carbocycles. The monoisotopic (exact) mass is 207 g/mol. The molecule has 0 spiro atoms. The average molecular weight is 208 g/mol. The van der Waals surface area contributed by atoms with Crippen LogP contribution in [0.3, 0.4) is 0 Å². The maximum absolute atomic E-state index is 10.9. The summed E-state index contributed by atoms with van der Waals surface area (Å²) >= 11 is 3.11. The highest BCUT2D eigenvalue weighted by Gasteiger charge is 2.06. The number of hydrogen-bond donors (Lipinski definition) is 0. The summed E-state index contributed by atoms with van der Waals surface area (Å²) in [6.45, 7) is 5.03. The third-order valence-electron chi connectivity index (χ3n) is 1.18. The van der Waals surface area contributed by atoms with E-state index < -0.39 is 0 Å². The number of rotatable bonds is 3. The Kier molecular flexibility index (Phi) is 4.69. The molecule has 0 aliphatic heterocycles. The van der Waals surface area contributed by atoms with Crippen LogP contribution < -0.4 is 0 Å². The summed E-state index contributed by atoms with van der Waals surface area (Å²) in [5.41, 5.74) is 0. The number of alkyl halides is 1. The van der Waals surface area contributed by atoms with Gasteiger partial charge in [0.1, 0.15) is 0 Å². The molecule has 0 aromatic heterocycles. The van der Waals surface area contributed by atoms with Gasteiger partial charge in [-0.05, 0) is 5.92 Å². The zero-order valence-electron chi connectivity index (χ0n) is 6.72. The number of carbonyl (C=O) groups excluding carboxylic acids is 1. The molecule has 1 amide bonds. The lowest BCUT2D eigenvalue weighted by Crippen LogP contribution is -2.30. The van der Waals surface area contributed by atoms with Gasteiger partial charge in [0.25, 0.3) is 0 Å². The van der Waals surface area contributed by atoms with E-state index in [0.29, 0.717) is 11.2 Å². The van der Waals surface area contributed by atoms with Crippen molar-refractivity contribution in [2.24, 2.45) is 5.92 Å². The number of carbonyl (C=O) groups is 1. The van der Waals surface area contributed by atoms with Gasteiger partial charge in [-0.3, -0.25) is 4.79 Å². The van der Waals surface area contributed by atoms with Crippen LogP contribution in [0.5, 0.6) is 0 Å². The summed E-state index contributed by atoms with van der Waals surface area (Å²) in [5, 5.41) is 0.427. The quantitative estimate of drug-likeness (QED) is 0.643. The first-order valence-corrected chi connectivity index (χ1v) is 4.50. The highest BCUT2D eigenvalue weighted by atomic mass is 79.9. The molecule has 0 rings (SSSR count). The molecule has 0 N–H and O–H groups in total. The summed E-state index contributed by atoms with van der Waals surface area (Å²) in [5.74, 6) is 0.696. The van der Waals surface area contributed by atoms with E-state index in [2.05, 4.69) is 29.8 Å². The van der Waals surface area contributed by atoms with Crippen molar-refractivity contribution in [1.82, 2.24) is 4.90 Å². The van der Waals surface area contributed by atoms with Gasteiger partial charge >= 0.3 is 0 Å². The van der Waals surface area contributed by atoms with Gasteiger partial charge in [-0.15, -0.1) is 0 Å². The Balaban J connectivity index is 3.61. The minimum Gasteiger partial charge on any atom is -0.345 e. The molecule has 3 heteroatoms. The van der Waals surface area contributed by atoms with Crippen molar-refractivity contribution < 1.29 is 4.79 Å². The molecule has 0 unspecified atom stereocenters. The van der Waals surface area contributed by atoms with Gasteiger partial charge in [0.2, 0.25) is 5.91 Å². The molecule has 60 valence electrons. The van der Waals surface area contributed by atoms with E-state index >= 15 is 0 Å². The molecule has 0 saturated heterocycles. The van der Waals surface area contributed by atoms with Crippen LogP contribution in [0.25, 0.3) is 0 Å². The summed E-state index contributed by atoms with van der Waals surface area (Å²) in [7, 11) is 1.82. The fourth-order valence-electron chi connectivity index (χ4n) is 0.752. The highest BCUT2D eigenvalue weighted by Crippen LogP contribution is 1.97. The first-order chi connectivity index (χ1) is 4.57. The van der Waals surface area contributed by atoms with Crippen molar-refractivity contribution >= 4 is 21.8 Å². The second kappa shape index (κ2) is 4.72. The molecule has 0 fully saturated rings. The van der Waals surface area contributed by atoms with E-state index in [-0.39, 0.29) is 5.91 Å². The number of hydrogen-bond acceptors (Lipinski definition) is 1. The second-order valence-electron chi connectivity index (χ2n) is 2.80. The van der Waals surface area contributed by atoms with E-state index in [1.807, 2.05) is 7.05 Å². The molecule has 2 nitrogen and oxygen atoms in total. The zero-order chi connectivity index (χ0) is 8.15. The fraction of sp³-hybridized carbons (Fsp3) is 0.857. The van der Waals surface area contributed by atoms with Crippen molar-refractivity contribution in [2.45, 2.75) is 13.8 Å². The van der Waals surface area contributed by atoms with Gasteiger partial charge in [0.05, 0.1) is 5.33 Å². The van der Waals surface area contributed by atoms with Crippen LogP contribution in [-0.4, -0.2) is 29.7 Å². The van der Waals surface area contributed by atoms with E-state index in [4.69, 9.17) is 0 Å². The first-order valence-electron chi connectivity index (χ1n) is 3.37. The highest BCUT2D eigenvalue weighted by molar-refractivity contribution is 9.09. The average Bonchev–Trinajstić information content (AvgIpc) is 1.85. The Morgan fingerprint density at radius 2 is 2.10 bits per heavy atom. The molecular weight excluding hydrogens is 194 g/mol. The standard InChI is InChI=1S/C7H14BrNO/c1-6(2)5-9(3)7(10)4-8/h6H,4-5H2,1-3H3. The summed E-state index contributed by atoms with van der Waals surface area (Å²) in [6, 6.07) is 0. The first kappa shape index (κ1) is 9.95. The minimum atomic E-state index is 0.147. The lowest BCUT2D eigenvalue weighted by atomic mass is 10.2. The van der Waals surface area contributed by atoms with Crippen LogP contribution >= 0.6 is 15.9 Å². The third kappa shape index (κ3) is 3.88. The third-order valence-corrected chi connectivity index (χ3v) is 1.66. The van der Waals surface area contributed by atoms with Crippen molar-refractivity contribution in [3.05, 3.63) is 0 Å². The number of amides is 1. The van der Waals surface area contributed by atoms with E-state index in [0.717, 1.165) is 6.54 Å². The summed E-state index contributed by atoms with van der Waals surface area (Å²) in [4.78, 5) is 12.7. The van der Waals surface area contributed by atoms with Crippen molar-refractivity contribution in [1.29, 1.82) is 0 Å². The van der Waals surface area contributed by atoms with Crippen LogP contribution in [0, 0.1) is 5.92 Å². The Morgan fingerprint density at radius 1 is 1.60 bits per heavy atom. The minimum absolute atomic E-state index is 0.147.